The van der Waals surface area contributed by atoms with Gasteiger partial charge < -0.3 is 16.0 Å². The molecular weight excluding hydrogens is 218 g/mol. The number of carbonyl (C=O) groups is 2. The summed E-state index contributed by atoms with van der Waals surface area (Å²) in [6.07, 6.45) is 3.60. The molecule has 3 atom stereocenters. The van der Waals surface area contributed by atoms with Crippen LogP contribution in [-0.4, -0.2) is 37.5 Å². The van der Waals surface area contributed by atoms with Gasteiger partial charge in [-0.05, 0) is 38.1 Å². The van der Waals surface area contributed by atoms with E-state index < -0.39 is 0 Å². The number of carbonyl (C=O) groups excluding carboxylic acids is 2. The first-order valence-corrected chi connectivity index (χ1v) is 6.50. The van der Waals surface area contributed by atoms with E-state index in [0.717, 1.165) is 13.0 Å². The molecule has 0 spiro atoms. The van der Waals surface area contributed by atoms with Gasteiger partial charge in [0.15, 0.2) is 0 Å². The van der Waals surface area contributed by atoms with E-state index in [2.05, 4.69) is 16.0 Å². The molecule has 3 N–H and O–H groups in total. The Hall–Kier alpha value is -1.10. The van der Waals surface area contributed by atoms with Crippen molar-refractivity contribution in [3.8, 4) is 0 Å². The molecular formula is C12H21N3O2. The van der Waals surface area contributed by atoms with Crippen LogP contribution >= 0.6 is 0 Å². The third-order valence-corrected chi connectivity index (χ3v) is 3.83. The minimum Gasteiger partial charge on any atom is -0.355 e. The molecule has 2 aliphatic rings. The van der Waals surface area contributed by atoms with Gasteiger partial charge in [0, 0.05) is 6.54 Å². The highest BCUT2D eigenvalue weighted by Crippen LogP contribution is 2.37. The van der Waals surface area contributed by atoms with Crippen LogP contribution in [0.2, 0.25) is 0 Å². The maximum absolute atomic E-state index is 11.9. The molecule has 2 rings (SSSR count). The van der Waals surface area contributed by atoms with Crippen molar-refractivity contribution < 1.29 is 9.59 Å². The SMILES string of the molecule is CCNC(=O)CNC(=O)C1NCC2CCCC21. The quantitative estimate of drug-likeness (QED) is 0.627. The average Bonchev–Trinajstić information content (AvgIpc) is 2.87. The molecule has 2 fully saturated rings. The summed E-state index contributed by atoms with van der Waals surface area (Å²) in [6.45, 7) is 3.49. The Morgan fingerprint density at radius 1 is 1.29 bits per heavy atom. The lowest BCUT2D eigenvalue weighted by Crippen LogP contribution is -2.47. The fraction of sp³-hybridized carbons (Fsp3) is 0.833. The van der Waals surface area contributed by atoms with E-state index >= 15 is 0 Å². The van der Waals surface area contributed by atoms with Gasteiger partial charge in [-0.15, -0.1) is 0 Å². The maximum atomic E-state index is 11.9. The van der Waals surface area contributed by atoms with E-state index in [1.165, 1.54) is 12.8 Å². The molecule has 1 heterocycles. The van der Waals surface area contributed by atoms with Gasteiger partial charge in [0.05, 0.1) is 12.6 Å². The Balaban J connectivity index is 1.78. The zero-order valence-electron chi connectivity index (χ0n) is 10.3. The number of fused-ring (bicyclic) bond motifs is 1. The topological polar surface area (TPSA) is 70.2 Å². The number of hydrogen-bond donors (Lipinski definition) is 3. The van der Waals surface area contributed by atoms with Crippen LogP contribution in [0.25, 0.3) is 0 Å². The van der Waals surface area contributed by atoms with Crippen LogP contribution in [0, 0.1) is 11.8 Å². The second-order valence-electron chi connectivity index (χ2n) is 4.91. The zero-order valence-corrected chi connectivity index (χ0v) is 10.3. The van der Waals surface area contributed by atoms with Gasteiger partial charge in [0.2, 0.25) is 11.8 Å². The second-order valence-corrected chi connectivity index (χ2v) is 4.91. The van der Waals surface area contributed by atoms with E-state index in [-0.39, 0.29) is 24.4 Å². The smallest absolute Gasteiger partial charge is 0.239 e. The summed E-state index contributed by atoms with van der Waals surface area (Å²) < 4.78 is 0. The third kappa shape index (κ3) is 2.77. The van der Waals surface area contributed by atoms with Crippen molar-refractivity contribution in [2.75, 3.05) is 19.6 Å². The average molecular weight is 239 g/mol. The van der Waals surface area contributed by atoms with Crippen molar-refractivity contribution in [1.29, 1.82) is 0 Å². The first-order chi connectivity index (χ1) is 8.22. The Kier molecular flexibility index (Phi) is 3.99. The molecule has 0 radical (unpaired) electrons. The van der Waals surface area contributed by atoms with Crippen molar-refractivity contribution in [3.63, 3.8) is 0 Å². The predicted molar refractivity (Wildman–Crippen MR) is 64.3 cm³/mol. The summed E-state index contributed by atoms with van der Waals surface area (Å²) in [5.74, 6) is 0.993. The maximum Gasteiger partial charge on any atom is 0.239 e. The summed E-state index contributed by atoms with van der Waals surface area (Å²) >= 11 is 0. The molecule has 0 aromatic rings. The van der Waals surface area contributed by atoms with Crippen molar-refractivity contribution in [2.24, 2.45) is 11.8 Å². The third-order valence-electron chi connectivity index (χ3n) is 3.83. The van der Waals surface area contributed by atoms with Crippen LogP contribution < -0.4 is 16.0 Å². The molecule has 1 aliphatic carbocycles. The van der Waals surface area contributed by atoms with Gasteiger partial charge in [-0.2, -0.15) is 0 Å². The van der Waals surface area contributed by atoms with E-state index in [1.54, 1.807) is 0 Å². The largest absolute Gasteiger partial charge is 0.355 e. The fourth-order valence-corrected chi connectivity index (χ4v) is 3.01. The normalized spacial score (nSPS) is 31.0. The van der Waals surface area contributed by atoms with Crippen LogP contribution in [0.15, 0.2) is 0 Å². The zero-order chi connectivity index (χ0) is 12.3. The summed E-state index contributed by atoms with van der Waals surface area (Å²) in [5.41, 5.74) is 0. The minimum atomic E-state index is -0.123. The van der Waals surface area contributed by atoms with Crippen molar-refractivity contribution in [3.05, 3.63) is 0 Å². The van der Waals surface area contributed by atoms with Crippen LogP contribution in [0.1, 0.15) is 26.2 Å². The summed E-state index contributed by atoms with van der Waals surface area (Å²) in [5, 5.41) is 8.64. The number of amides is 2. The molecule has 5 nitrogen and oxygen atoms in total. The standard InChI is InChI=1S/C12H21N3O2/c1-2-13-10(16)7-15-12(17)11-9-5-3-4-8(9)6-14-11/h8-9,11,14H,2-7H2,1H3,(H,13,16)(H,15,17). The number of likely N-dealkylation sites (N-methyl/N-ethyl adjacent to an activating group) is 1. The molecule has 3 unspecified atom stereocenters. The molecule has 2 amide bonds. The summed E-state index contributed by atoms with van der Waals surface area (Å²) in [7, 11) is 0. The highest BCUT2D eigenvalue weighted by Gasteiger charge is 2.42. The first kappa shape index (κ1) is 12.4. The Bertz CT molecular complexity index is 306. The highest BCUT2D eigenvalue weighted by molar-refractivity contribution is 5.87. The van der Waals surface area contributed by atoms with Crippen LogP contribution in [0.4, 0.5) is 0 Å². The molecule has 1 saturated carbocycles. The van der Waals surface area contributed by atoms with E-state index in [9.17, 15) is 9.59 Å². The molecule has 0 aromatic carbocycles. The van der Waals surface area contributed by atoms with Crippen LogP contribution in [0.3, 0.4) is 0 Å². The van der Waals surface area contributed by atoms with Crippen molar-refractivity contribution >= 4 is 11.8 Å². The molecule has 1 aliphatic heterocycles. The van der Waals surface area contributed by atoms with Crippen LogP contribution in [0.5, 0.6) is 0 Å². The molecule has 0 bridgehead atoms. The minimum absolute atomic E-state index is 0.0225. The molecule has 0 aromatic heterocycles. The predicted octanol–water partition coefficient (Wildman–Crippen LogP) is -0.373. The van der Waals surface area contributed by atoms with E-state index in [0.29, 0.717) is 18.4 Å². The van der Waals surface area contributed by atoms with E-state index in [1.807, 2.05) is 6.92 Å². The lowest BCUT2D eigenvalue weighted by atomic mass is 9.94. The fourth-order valence-electron chi connectivity index (χ4n) is 3.01. The van der Waals surface area contributed by atoms with Gasteiger partial charge >= 0.3 is 0 Å². The molecule has 1 saturated heterocycles. The van der Waals surface area contributed by atoms with Crippen molar-refractivity contribution in [1.82, 2.24) is 16.0 Å². The Morgan fingerprint density at radius 3 is 2.88 bits per heavy atom. The number of nitrogens with one attached hydrogen (secondary N) is 3. The Morgan fingerprint density at radius 2 is 2.12 bits per heavy atom. The number of hydrogen-bond acceptors (Lipinski definition) is 3. The van der Waals surface area contributed by atoms with E-state index in [4.69, 9.17) is 0 Å². The highest BCUT2D eigenvalue weighted by atomic mass is 16.2. The van der Waals surface area contributed by atoms with Gasteiger partial charge in [0.25, 0.3) is 0 Å². The first-order valence-electron chi connectivity index (χ1n) is 6.50. The monoisotopic (exact) mass is 239 g/mol. The Labute approximate surface area is 102 Å². The van der Waals surface area contributed by atoms with Gasteiger partial charge in [0.1, 0.15) is 0 Å². The van der Waals surface area contributed by atoms with Crippen LogP contribution in [-0.2, 0) is 9.59 Å². The molecule has 96 valence electrons. The molecule has 17 heavy (non-hydrogen) atoms. The van der Waals surface area contributed by atoms with Gasteiger partial charge in [-0.25, -0.2) is 0 Å². The summed E-state index contributed by atoms with van der Waals surface area (Å²) in [4.78, 5) is 23.2. The lowest BCUT2D eigenvalue weighted by Gasteiger charge is -2.17. The lowest BCUT2D eigenvalue weighted by molar-refractivity contribution is -0.127. The van der Waals surface area contributed by atoms with Gasteiger partial charge in [-0.3, -0.25) is 9.59 Å². The van der Waals surface area contributed by atoms with Gasteiger partial charge in [-0.1, -0.05) is 6.42 Å². The summed E-state index contributed by atoms with van der Waals surface area (Å²) in [6, 6.07) is -0.0862. The number of rotatable bonds is 4. The molecule has 5 heteroatoms. The van der Waals surface area contributed by atoms with Crippen molar-refractivity contribution in [2.45, 2.75) is 32.2 Å². The second kappa shape index (κ2) is 5.49.